The Bertz CT molecular complexity index is 742. The summed E-state index contributed by atoms with van der Waals surface area (Å²) < 4.78 is 6.38. The molecule has 1 aromatic rings. The van der Waals surface area contributed by atoms with Crippen molar-refractivity contribution in [2.45, 2.75) is 71.9 Å². The summed E-state index contributed by atoms with van der Waals surface area (Å²) in [5.41, 5.74) is 5.45. The van der Waals surface area contributed by atoms with Crippen LogP contribution in [0.3, 0.4) is 0 Å². The third-order valence-electron chi connectivity index (χ3n) is 5.25. The number of allylic oxidation sites excluding steroid dienone is 4. The van der Waals surface area contributed by atoms with E-state index in [9.17, 15) is 0 Å². The smallest absolute Gasteiger partial charge is 0.127 e. The van der Waals surface area contributed by atoms with Gasteiger partial charge in [-0.15, -0.1) is 0 Å². The van der Waals surface area contributed by atoms with E-state index >= 15 is 0 Å². The van der Waals surface area contributed by atoms with E-state index < -0.39 is 8.80 Å². The molecule has 0 atom stereocenters. The van der Waals surface area contributed by atoms with Crippen LogP contribution >= 0.6 is 0 Å². The number of rotatable bonds is 6. The fraction of sp³-hybridized carbons (Fsp3) is 0.500. The molecule has 0 amide bonds. The Labute approximate surface area is 162 Å². The molecule has 1 aromatic carbocycles. The van der Waals surface area contributed by atoms with Crippen LogP contribution in [0.25, 0.3) is 0 Å². The lowest BCUT2D eigenvalue weighted by Crippen LogP contribution is -2.38. The molecule has 0 heterocycles. The largest absolute Gasteiger partial charge is 0.489 e. The van der Waals surface area contributed by atoms with Gasteiger partial charge in [0.1, 0.15) is 12.4 Å². The predicted octanol–water partition coefficient (Wildman–Crippen LogP) is 5.98. The highest BCUT2D eigenvalue weighted by Crippen LogP contribution is 2.44. The fourth-order valence-corrected chi connectivity index (χ4v) is 5.74. The molecule has 0 fully saturated rings. The molecule has 2 heteroatoms. The first-order valence-corrected chi connectivity index (χ1v) is 12.1. The van der Waals surface area contributed by atoms with Crippen molar-refractivity contribution in [2.75, 3.05) is 6.61 Å². The Kier molecular flexibility index (Phi) is 6.07. The third kappa shape index (κ3) is 3.90. The molecule has 0 N–H and O–H groups in total. The molecule has 0 unspecified atom stereocenters. The summed E-state index contributed by atoms with van der Waals surface area (Å²) in [7, 11) is -0.648. The molecule has 1 aliphatic carbocycles. The molecule has 0 aliphatic heterocycles. The molecule has 1 aliphatic rings. The second kappa shape index (κ2) is 7.60. The van der Waals surface area contributed by atoms with Gasteiger partial charge in [0.15, 0.2) is 0 Å². The second-order valence-electron chi connectivity index (χ2n) is 9.09. The minimum atomic E-state index is -0.648. The minimum Gasteiger partial charge on any atom is -0.489 e. The number of aryl methyl sites for hydroxylation is 1. The quantitative estimate of drug-likeness (QED) is 0.444. The zero-order valence-electron chi connectivity index (χ0n) is 17.9. The van der Waals surface area contributed by atoms with Crippen molar-refractivity contribution < 1.29 is 4.74 Å². The number of hydrogen-bond donors (Lipinski definition) is 0. The van der Waals surface area contributed by atoms with Crippen molar-refractivity contribution in [2.24, 2.45) is 0 Å². The van der Waals surface area contributed by atoms with Crippen LogP contribution in [0.15, 0.2) is 42.5 Å². The van der Waals surface area contributed by atoms with Crippen molar-refractivity contribution >= 4 is 14.0 Å². The van der Waals surface area contributed by atoms with Gasteiger partial charge in [-0.05, 0) is 24.3 Å². The van der Waals surface area contributed by atoms with Crippen LogP contribution in [0.4, 0.5) is 0 Å². The van der Waals surface area contributed by atoms with E-state index in [1.54, 1.807) is 0 Å². The SMILES string of the molecule is C=CCOc1c(C(C)(C)C)cc(C)c([Si](C)C)c1C(C)(C)C1=CCC=C1. The van der Waals surface area contributed by atoms with E-state index in [1.807, 2.05) is 6.08 Å². The maximum atomic E-state index is 6.38. The predicted molar refractivity (Wildman–Crippen MR) is 118 cm³/mol. The van der Waals surface area contributed by atoms with Crippen molar-refractivity contribution in [1.82, 2.24) is 0 Å². The van der Waals surface area contributed by atoms with Crippen molar-refractivity contribution in [1.29, 1.82) is 0 Å². The summed E-state index contributed by atoms with van der Waals surface area (Å²) in [6.45, 7) is 23.0. The van der Waals surface area contributed by atoms with E-state index in [1.165, 1.54) is 27.5 Å². The maximum absolute atomic E-state index is 6.38. The van der Waals surface area contributed by atoms with Gasteiger partial charge in [0.05, 0.1) is 8.80 Å². The van der Waals surface area contributed by atoms with Crippen molar-refractivity contribution in [3.05, 3.63) is 59.2 Å². The normalized spacial score (nSPS) is 14.7. The maximum Gasteiger partial charge on any atom is 0.127 e. The van der Waals surface area contributed by atoms with Crippen LogP contribution in [-0.4, -0.2) is 15.4 Å². The van der Waals surface area contributed by atoms with Gasteiger partial charge in [-0.2, -0.15) is 0 Å². The standard InChI is InChI=1S/C24H35OSi/c1-10-15-25-21-19(23(3,4)5)16-17(2)22(26(8)9)20(21)24(6,7)18-13-11-12-14-18/h10-11,13-14,16H,1,12,15H2,2-9H3. The first-order valence-electron chi connectivity index (χ1n) is 9.61. The Morgan fingerprint density at radius 3 is 2.31 bits per heavy atom. The number of ether oxygens (including phenoxy) is 1. The summed E-state index contributed by atoms with van der Waals surface area (Å²) in [6, 6.07) is 2.36. The van der Waals surface area contributed by atoms with Gasteiger partial charge in [0.2, 0.25) is 0 Å². The van der Waals surface area contributed by atoms with Crippen LogP contribution in [0, 0.1) is 6.92 Å². The lowest BCUT2D eigenvalue weighted by atomic mass is 9.73. The molecular weight excluding hydrogens is 332 g/mol. The summed E-state index contributed by atoms with van der Waals surface area (Å²) in [5, 5.41) is 1.52. The van der Waals surface area contributed by atoms with Crippen LogP contribution in [0.2, 0.25) is 13.1 Å². The molecule has 26 heavy (non-hydrogen) atoms. The van der Waals surface area contributed by atoms with Gasteiger partial charge in [0.25, 0.3) is 0 Å². The summed E-state index contributed by atoms with van der Waals surface area (Å²) >= 11 is 0. The topological polar surface area (TPSA) is 9.23 Å². The average molecular weight is 368 g/mol. The molecular formula is C24H35OSi. The summed E-state index contributed by atoms with van der Waals surface area (Å²) in [6.07, 6.45) is 9.78. The lowest BCUT2D eigenvalue weighted by Gasteiger charge is -2.36. The minimum absolute atomic E-state index is 0.0267. The molecule has 141 valence electrons. The Morgan fingerprint density at radius 2 is 1.85 bits per heavy atom. The van der Waals surface area contributed by atoms with Gasteiger partial charge in [-0.3, -0.25) is 0 Å². The van der Waals surface area contributed by atoms with E-state index in [4.69, 9.17) is 4.74 Å². The lowest BCUT2D eigenvalue weighted by molar-refractivity contribution is 0.341. The van der Waals surface area contributed by atoms with Crippen LogP contribution < -0.4 is 9.92 Å². The van der Waals surface area contributed by atoms with Gasteiger partial charge >= 0.3 is 0 Å². The molecule has 1 nitrogen and oxygen atoms in total. The van der Waals surface area contributed by atoms with Crippen molar-refractivity contribution in [3.63, 3.8) is 0 Å². The average Bonchev–Trinajstić information content (AvgIpc) is 3.06. The summed E-state index contributed by atoms with van der Waals surface area (Å²) in [5.74, 6) is 1.08. The van der Waals surface area contributed by atoms with E-state index in [-0.39, 0.29) is 10.8 Å². The van der Waals surface area contributed by atoms with Crippen molar-refractivity contribution in [3.8, 4) is 5.75 Å². The zero-order valence-corrected chi connectivity index (χ0v) is 18.9. The highest BCUT2D eigenvalue weighted by atomic mass is 28.3. The number of hydrogen-bond acceptors (Lipinski definition) is 1. The number of benzene rings is 1. The van der Waals surface area contributed by atoms with E-state index in [0.717, 1.165) is 12.2 Å². The van der Waals surface area contributed by atoms with Crippen LogP contribution in [0.1, 0.15) is 57.7 Å². The highest BCUT2D eigenvalue weighted by Gasteiger charge is 2.36. The highest BCUT2D eigenvalue weighted by molar-refractivity contribution is 6.71. The van der Waals surface area contributed by atoms with Gasteiger partial charge in [-0.1, -0.05) is 95.4 Å². The molecule has 0 saturated carbocycles. The van der Waals surface area contributed by atoms with Gasteiger partial charge in [0, 0.05) is 16.5 Å². The van der Waals surface area contributed by atoms with Crippen LogP contribution in [0.5, 0.6) is 5.75 Å². The third-order valence-corrected chi connectivity index (χ3v) is 6.89. The Hall–Kier alpha value is -1.54. The van der Waals surface area contributed by atoms with E-state index in [0.29, 0.717) is 6.61 Å². The molecule has 2 rings (SSSR count). The first kappa shape index (κ1) is 20.8. The summed E-state index contributed by atoms with van der Waals surface area (Å²) in [4.78, 5) is 0. The second-order valence-corrected chi connectivity index (χ2v) is 11.6. The fourth-order valence-electron chi connectivity index (χ4n) is 3.96. The van der Waals surface area contributed by atoms with E-state index in [2.05, 4.69) is 85.5 Å². The van der Waals surface area contributed by atoms with Gasteiger partial charge in [-0.25, -0.2) is 0 Å². The monoisotopic (exact) mass is 367 g/mol. The molecule has 1 radical (unpaired) electrons. The Balaban J connectivity index is 2.89. The van der Waals surface area contributed by atoms with Crippen LogP contribution in [-0.2, 0) is 10.8 Å². The zero-order chi connectivity index (χ0) is 19.7. The Morgan fingerprint density at radius 1 is 1.19 bits per heavy atom. The molecule has 0 bridgehead atoms. The molecule has 0 spiro atoms. The first-order chi connectivity index (χ1) is 12.0. The molecule has 0 saturated heterocycles. The molecule has 0 aromatic heterocycles. The van der Waals surface area contributed by atoms with Gasteiger partial charge < -0.3 is 4.74 Å².